The van der Waals surface area contributed by atoms with Crippen LogP contribution in [0.1, 0.15) is 13.3 Å². The van der Waals surface area contributed by atoms with Crippen molar-refractivity contribution in [3.63, 3.8) is 0 Å². The van der Waals surface area contributed by atoms with E-state index in [1.54, 1.807) is 0 Å². The topological polar surface area (TPSA) is 0 Å². The van der Waals surface area contributed by atoms with Crippen molar-refractivity contribution in [1.82, 2.24) is 0 Å². The molecule has 0 spiro atoms. The first-order chi connectivity index (χ1) is 2.27. The third-order valence-corrected chi connectivity index (χ3v) is 0.834. The second-order valence-corrected chi connectivity index (χ2v) is 1.88. The molecule has 0 unspecified atom stereocenters. The molecule has 0 aromatic carbocycles. The van der Waals surface area contributed by atoms with Crippen LogP contribution in [0.15, 0.2) is 0 Å². The van der Waals surface area contributed by atoms with Crippen molar-refractivity contribution in [2.45, 2.75) is 13.3 Å². The average Bonchev–Trinajstić information content (AvgIpc) is 1.38. The van der Waals surface area contributed by atoms with Gasteiger partial charge < -0.3 is 0 Å². The number of rotatable bonds is 1. The van der Waals surface area contributed by atoms with Gasteiger partial charge in [0, 0.05) is 0 Å². The third-order valence-electron chi connectivity index (χ3n) is 0.278. The maximum atomic E-state index is 5.19. The molecule has 0 aromatic rings. The lowest BCUT2D eigenvalue weighted by molar-refractivity contribution is 1.34. The Balaban J connectivity index is 2.85. The molecule has 0 aliphatic rings. The van der Waals surface area contributed by atoms with Crippen LogP contribution in [-0.2, 0) is 0 Å². The summed E-state index contributed by atoms with van der Waals surface area (Å²) in [6.45, 7) is 1.93. The van der Waals surface area contributed by atoms with Crippen molar-refractivity contribution in [3.05, 3.63) is 0 Å². The Bertz CT molecular complexity index is 42.2. The van der Waals surface area contributed by atoms with Crippen LogP contribution in [0, 0.1) is 0 Å². The lowest BCUT2D eigenvalue weighted by Gasteiger charge is -1.72. The Morgan fingerprint density at radius 2 is 2.20 bits per heavy atom. The van der Waals surface area contributed by atoms with E-state index in [0.717, 1.165) is 6.42 Å². The van der Waals surface area contributed by atoms with Gasteiger partial charge in [0.2, 0.25) is 0 Å². The summed E-state index contributed by atoms with van der Waals surface area (Å²) >= 11 is 9.66. The molecule has 0 saturated heterocycles. The SMILES string of the molecule is CCC(=S)Cl. The van der Waals surface area contributed by atoms with Crippen molar-refractivity contribution in [2.75, 3.05) is 0 Å². The summed E-state index contributed by atoms with van der Waals surface area (Å²) in [5.41, 5.74) is 0. The van der Waals surface area contributed by atoms with Gasteiger partial charge >= 0.3 is 0 Å². The van der Waals surface area contributed by atoms with Crippen LogP contribution in [0.4, 0.5) is 0 Å². The summed E-state index contributed by atoms with van der Waals surface area (Å²) in [6, 6.07) is 0. The lowest BCUT2D eigenvalue weighted by Crippen LogP contribution is -1.69. The number of hydrogen-bond donors (Lipinski definition) is 0. The van der Waals surface area contributed by atoms with E-state index >= 15 is 0 Å². The van der Waals surface area contributed by atoms with Crippen molar-refractivity contribution >= 4 is 28.1 Å². The van der Waals surface area contributed by atoms with E-state index in [2.05, 4.69) is 12.2 Å². The van der Waals surface area contributed by atoms with Crippen LogP contribution in [-0.4, -0.2) is 4.32 Å². The van der Waals surface area contributed by atoms with Crippen LogP contribution >= 0.6 is 23.8 Å². The van der Waals surface area contributed by atoms with Gasteiger partial charge in [-0.25, -0.2) is 0 Å². The molecule has 0 nitrogen and oxygen atoms in total. The Hall–Kier alpha value is 0.380. The normalized spacial score (nSPS) is 7.60. The summed E-state index contributed by atoms with van der Waals surface area (Å²) in [7, 11) is 0. The summed E-state index contributed by atoms with van der Waals surface area (Å²) < 4.78 is 0.560. The van der Waals surface area contributed by atoms with Gasteiger partial charge in [-0.3, -0.25) is 0 Å². The molecule has 0 atom stereocenters. The highest BCUT2D eigenvalue weighted by Gasteiger charge is 1.74. The monoisotopic (exact) mass is 108 g/mol. The highest BCUT2D eigenvalue weighted by Crippen LogP contribution is 1.87. The van der Waals surface area contributed by atoms with Crippen molar-refractivity contribution < 1.29 is 0 Å². The van der Waals surface area contributed by atoms with E-state index in [4.69, 9.17) is 11.6 Å². The van der Waals surface area contributed by atoms with E-state index in [9.17, 15) is 0 Å². The molecule has 30 valence electrons. The molecule has 0 aromatic heterocycles. The minimum atomic E-state index is 0.560. The minimum Gasteiger partial charge on any atom is -0.0765 e. The lowest BCUT2D eigenvalue weighted by atomic mass is 10.6. The van der Waals surface area contributed by atoms with Gasteiger partial charge in [0.25, 0.3) is 0 Å². The molecule has 0 bridgehead atoms. The highest BCUT2D eigenvalue weighted by molar-refractivity contribution is 7.83. The fraction of sp³-hybridized carbons (Fsp3) is 0.667. The fourth-order valence-electron chi connectivity index (χ4n) is 0. The van der Waals surface area contributed by atoms with Crippen molar-refractivity contribution in [1.29, 1.82) is 0 Å². The van der Waals surface area contributed by atoms with Crippen LogP contribution in [0.25, 0.3) is 0 Å². The number of hydrogen-bond acceptors (Lipinski definition) is 1. The highest BCUT2D eigenvalue weighted by atomic mass is 35.5. The standard InChI is InChI=1S/C3H5ClS/c1-2-3(4)5/h2H2,1H3. The number of thiocarbonyl (C=S) groups is 1. The van der Waals surface area contributed by atoms with Crippen molar-refractivity contribution in [2.24, 2.45) is 0 Å². The van der Waals surface area contributed by atoms with Gasteiger partial charge in [-0.15, -0.1) is 0 Å². The second kappa shape index (κ2) is 2.61. The minimum absolute atomic E-state index is 0.560. The quantitative estimate of drug-likeness (QED) is 0.366. The maximum absolute atomic E-state index is 5.19. The molecule has 0 heterocycles. The Morgan fingerprint density at radius 3 is 2.20 bits per heavy atom. The number of halogens is 1. The third kappa shape index (κ3) is 4.38. The molecule has 0 rings (SSSR count). The van der Waals surface area contributed by atoms with E-state index in [0.29, 0.717) is 4.32 Å². The molecule has 0 amide bonds. The van der Waals surface area contributed by atoms with E-state index in [1.165, 1.54) is 0 Å². The molecule has 2 heteroatoms. The molecule has 0 aliphatic heterocycles. The summed E-state index contributed by atoms with van der Waals surface area (Å²) in [4.78, 5) is 0. The summed E-state index contributed by atoms with van der Waals surface area (Å²) in [6.07, 6.45) is 0.802. The first-order valence-electron chi connectivity index (χ1n) is 1.45. The first kappa shape index (κ1) is 5.38. The van der Waals surface area contributed by atoms with Gasteiger partial charge in [0.1, 0.15) is 0 Å². The zero-order valence-corrected chi connectivity index (χ0v) is 4.57. The van der Waals surface area contributed by atoms with Gasteiger partial charge in [-0.05, 0) is 6.42 Å². The molecular formula is C3H5ClS. The zero-order chi connectivity index (χ0) is 4.28. The van der Waals surface area contributed by atoms with Gasteiger partial charge in [0.05, 0.1) is 4.32 Å². The Kier molecular flexibility index (Phi) is 2.81. The van der Waals surface area contributed by atoms with Crippen LogP contribution in [0.3, 0.4) is 0 Å². The molecule has 5 heavy (non-hydrogen) atoms. The molecule has 0 saturated carbocycles. The smallest absolute Gasteiger partial charge is 0.0765 e. The fourth-order valence-corrected chi connectivity index (χ4v) is 0. The van der Waals surface area contributed by atoms with Gasteiger partial charge in [-0.2, -0.15) is 0 Å². The largest absolute Gasteiger partial charge is 0.0805 e. The Morgan fingerprint density at radius 1 is 2.00 bits per heavy atom. The predicted molar refractivity (Wildman–Crippen MR) is 28.7 cm³/mol. The van der Waals surface area contributed by atoms with E-state index in [1.807, 2.05) is 6.92 Å². The van der Waals surface area contributed by atoms with Gasteiger partial charge in [-0.1, -0.05) is 30.7 Å². The maximum Gasteiger partial charge on any atom is 0.0805 e. The Labute approximate surface area is 42.1 Å². The zero-order valence-electron chi connectivity index (χ0n) is 2.99. The average molecular weight is 109 g/mol. The molecule has 0 aliphatic carbocycles. The van der Waals surface area contributed by atoms with E-state index in [-0.39, 0.29) is 0 Å². The summed E-state index contributed by atoms with van der Waals surface area (Å²) in [5, 5.41) is 0. The molecule has 0 radical (unpaired) electrons. The molecule has 0 fully saturated rings. The first-order valence-corrected chi connectivity index (χ1v) is 2.24. The van der Waals surface area contributed by atoms with Crippen LogP contribution < -0.4 is 0 Å². The van der Waals surface area contributed by atoms with Gasteiger partial charge in [0.15, 0.2) is 0 Å². The molecular weight excluding hydrogens is 104 g/mol. The van der Waals surface area contributed by atoms with Crippen LogP contribution in [0.2, 0.25) is 0 Å². The summed E-state index contributed by atoms with van der Waals surface area (Å²) in [5.74, 6) is 0. The van der Waals surface area contributed by atoms with Crippen molar-refractivity contribution in [3.8, 4) is 0 Å². The van der Waals surface area contributed by atoms with E-state index < -0.39 is 0 Å². The predicted octanol–water partition coefficient (Wildman–Crippen LogP) is 1.96. The van der Waals surface area contributed by atoms with Crippen LogP contribution in [0.5, 0.6) is 0 Å². The second-order valence-electron chi connectivity index (χ2n) is 0.709. The molecule has 0 N–H and O–H groups in total.